The zero-order valence-corrected chi connectivity index (χ0v) is 12.0. The Hall–Kier alpha value is -2.59. The number of ether oxygens (including phenoxy) is 1. The van der Waals surface area contributed by atoms with Gasteiger partial charge in [-0.05, 0) is 25.1 Å². The quantitative estimate of drug-likeness (QED) is 0.846. The smallest absolute Gasteiger partial charge is 0.422 e. The first-order valence-corrected chi connectivity index (χ1v) is 6.39. The number of nitrogens with one attached hydrogen (secondary N) is 1. The van der Waals surface area contributed by atoms with Gasteiger partial charge in [0.2, 0.25) is 5.95 Å². The summed E-state index contributed by atoms with van der Waals surface area (Å²) in [6, 6.07) is 3.59. The van der Waals surface area contributed by atoms with Gasteiger partial charge in [-0.2, -0.15) is 41.3 Å². The first-order chi connectivity index (χ1) is 11.0. The molecule has 0 aliphatic rings. The van der Waals surface area contributed by atoms with Crippen molar-refractivity contribution in [1.82, 2.24) is 15.0 Å². The van der Waals surface area contributed by atoms with Crippen molar-refractivity contribution >= 4 is 11.6 Å². The minimum atomic E-state index is -4.57. The molecule has 1 N–H and O–H groups in total. The highest BCUT2D eigenvalue weighted by molar-refractivity contribution is 5.54. The third-order valence-corrected chi connectivity index (χ3v) is 2.54. The van der Waals surface area contributed by atoms with Crippen LogP contribution in [0.2, 0.25) is 0 Å². The lowest BCUT2D eigenvalue weighted by molar-refractivity contribution is -0.154. The number of anilines is 2. The summed E-state index contributed by atoms with van der Waals surface area (Å²) < 4.78 is 78.7. The van der Waals surface area contributed by atoms with Crippen LogP contribution in [0.25, 0.3) is 0 Å². The van der Waals surface area contributed by atoms with Crippen LogP contribution in [0.4, 0.5) is 38.0 Å². The van der Waals surface area contributed by atoms with Gasteiger partial charge in [0.15, 0.2) is 6.61 Å². The fourth-order valence-electron chi connectivity index (χ4n) is 1.63. The summed E-state index contributed by atoms with van der Waals surface area (Å²) in [5.74, 6) is -0.198. The zero-order valence-electron chi connectivity index (χ0n) is 12.0. The summed E-state index contributed by atoms with van der Waals surface area (Å²) in [5.41, 5.74) is -0.885. The summed E-state index contributed by atoms with van der Waals surface area (Å²) in [6.45, 7) is -0.223. The molecule has 5 nitrogen and oxygen atoms in total. The van der Waals surface area contributed by atoms with Crippen LogP contribution in [0.15, 0.2) is 24.3 Å². The normalized spacial score (nSPS) is 12.1. The average Bonchev–Trinajstić information content (AvgIpc) is 2.43. The van der Waals surface area contributed by atoms with Gasteiger partial charge in [-0.3, -0.25) is 0 Å². The van der Waals surface area contributed by atoms with Crippen LogP contribution < -0.4 is 10.1 Å². The minimum absolute atomic E-state index is 0.0113. The molecule has 1 aromatic heterocycles. The number of hydrogen-bond donors (Lipinski definition) is 1. The first kappa shape index (κ1) is 17.8. The van der Waals surface area contributed by atoms with Crippen molar-refractivity contribution in [3.05, 3.63) is 35.7 Å². The Morgan fingerprint density at radius 3 is 2.38 bits per heavy atom. The molecule has 130 valence electrons. The standard InChI is InChI=1S/C13H10F6N4O/c1-7-20-10(23-11(21-7)24-6-12(14,15)16)22-9-4-2-3-8(5-9)13(17,18)19/h2-5H,6H2,1H3,(H,20,21,22,23). The molecule has 0 amide bonds. The lowest BCUT2D eigenvalue weighted by Gasteiger charge is -2.11. The third kappa shape index (κ3) is 5.25. The lowest BCUT2D eigenvalue weighted by Crippen LogP contribution is -2.20. The number of benzene rings is 1. The highest BCUT2D eigenvalue weighted by Crippen LogP contribution is 2.31. The van der Waals surface area contributed by atoms with Crippen molar-refractivity contribution in [1.29, 1.82) is 0 Å². The van der Waals surface area contributed by atoms with Gasteiger partial charge in [0.1, 0.15) is 5.82 Å². The van der Waals surface area contributed by atoms with E-state index in [4.69, 9.17) is 0 Å². The van der Waals surface area contributed by atoms with E-state index in [2.05, 4.69) is 25.0 Å². The number of rotatable bonds is 4. The van der Waals surface area contributed by atoms with Gasteiger partial charge in [0.25, 0.3) is 0 Å². The van der Waals surface area contributed by atoms with Gasteiger partial charge in [0, 0.05) is 5.69 Å². The molecule has 0 saturated heterocycles. The fourth-order valence-corrected chi connectivity index (χ4v) is 1.63. The van der Waals surface area contributed by atoms with Gasteiger partial charge >= 0.3 is 18.4 Å². The second kappa shape index (κ2) is 6.49. The molecule has 0 unspecified atom stereocenters. The number of aryl methyl sites for hydroxylation is 1. The van der Waals surface area contributed by atoms with Crippen molar-refractivity contribution in [2.24, 2.45) is 0 Å². The molecule has 0 radical (unpaired) electrons. The van der Waals surface area contributed by atoms with Crippen molar-refractivity contribution < 1.29 is 31.1 Å². The molecule has 2 rings (SSSR count). The van der Waals surface area contributed by atoms with E-state index in [0.29, 0.717) is 0 Å². The Morgan fingerprint density at radius 2 is 1.75 bits per heavy atom. The molecule has 1 aromatic carbocycles. The maximum absolute atomic E-state index is 12.7. The third-order valence-electron chi connectivity index (χ3n) is 2.54. The first-order valence-electron chi connectivity index (χ1n) is 6.39. The molecule has 0 aliphatic carbocycles. The Bertz CT molecular complexity index is 716. The Kier molecular flexibility index (Phi) is 4.81. The maximum atomic E-state index is 12.7. The molecule has 0 fully saturated rings. The predicted octanol–water partition coefficient (Wildman–Crippen LogP) is 3.88. The molecular weight excluding hydrogens is 342 g/mol. The van der Waals surface area contributed by atoms with Crippen LogP contribution in [0.3, 0.4) is 0 Å². The Labute approximate surface area is 131 Å². The molecule has 0 saturated carbocycles. The predicted molar refractivity (Wildman–Crippen MR) is 70.8 cm³/mol. The second-order valence-corrected chi connectivity index (χ2v) is 4.60. The maximum Gasteiger partial charge on any atom is 0.422 e. The van der Waals surface area contributed by atoms with Crippen LogP contribution in [0, 0.1) is 6.92 Å². The minimum Gasteiger partial charge on any atom is -0.454 e. The summed E-state index contributed by atoms with van der Waals surface area (Å²) >= 11 is 0. The summed E-state index contributed by atoms with van der Waals surface area (Å²) in [5, 5.41) is 2.47. The summed E-state index contributed by atoms with van der Waals surface area (Å²) in [6.07, 6.45) is -9.11. The van der Waals surface area contributed by atoms with Gasteiger partial charge in [0.05, 0.1) is 5.56 Å². The molecule has 0 atom stereocenters. The monoisotopic (exact) mass is 352 g/mol. The second-order valence-electron chi connectivity index (χ2n) is 4.60. The number of aromatic nitrogens is 3. The van der Waals surface area contributed by atoms with Crippen LogP contribution in [0.1, 0.15) is 11.4 Å². The van der Waals surface area contributed by atoms with E-state index in [1.54, 1.807) is 0 Å². The molecule has 24 heavy (non-hydrogen) atoms. The van der Waals surface area contributed by atoms with E-state index in [-0.39, 0.29) is 17.5 Å². The van der Waals surface area contributed by atoms with Crippen molar-refractivity contribution in [2.75, 3.05) is 11.9 Å². The topological polar surface area (TPSA) is 59.9 Å². The van der Waals surface area contributed by atoms with Crippen LogP contribution >= 0.6 is 0 Å². The Balaban J connectivity index is 2.19. The largest absolute Gasteiger partial charge is 0.454 e. The molecule has 0 spiro atoms. The number of halogens is 6. The molecule has 0 aliphatic heterocycles. The van der Waals surface area contributed by atoms with Gasteiger partial charge in [-0.25, -0.2) is 0 Å². The zero-order chi connectivity index (χ0) is 18.0. The molecule has 0 bridgehead atoms. The lowest BCUT2D eigenvalue weighted by atomic mass is 10.2. The van der Waals surface area contributed by atoms with E-state index >= 15 is 0 Å². The van der Waals surface area contributed by atoms with Crippen molar-refractivity contribution in [3.63, 3.8) is 0 Å². The highest BCUT2D eigenvalue weighted by atomic mass is 19.4. The molecular formula is C13H10F6N4O. The number of hydrogen-bond acceptors (Lipinski definition) is 5. The SMILES string of the molecule is Cc1nc(Nc2cccc(C(F)(F)F)c2)nc(OCC(F)(F)F)n1. The number of alkyl halides is 6. The Morgan fingerprint density at radius 1 is 1.04 bits per heavy atom. The van der Waals surface area contributed by atoms with Crippen LogP contribution in [-0.2, 0) is 6.18 Å². The van der Waals surface area contributed by atoms with Gasteiger partial charge < -0.3 is 10.1 Å². The van der Waals surface area contributed by atoms with E-state index in [1.165, 1.54) is 19.1 Å². The highest BCUT2D eigenvalue weighted by Gasteiger charge is 2.31. The average molecular weight is 352 g/mol. The van der Waals surface area contributed by atoms with Gasteiger partial charge in [-0.15, -0.1) is 0 Å². The van der Waals surface area contributed by atoms with E-state index in [0.717, 1.165) is 12.1 Å². The van der Waals surface area contributed by atoms with E-state index in [9.17, 15) is 26.3 Å². The molecule has 11 heteroatoms. The molecule has 2 aromatic rings. The van der Waals surface area contributed by atoms with E-state index < -0.39 is 30.5 Å². The molecule has 1 heterocycles. The summed E-state index contributed by atoms with van der Waals surface area (Å²) in [4.78, 5) is 10.9. The van der Waals surface area contributed by atoms with Gasteiger partial charge in [-0.1, -0.05) is 6.07 Å². The van der Waals surface area contributed by atoms with E-state index in [1.807, 2.05) is 0 Å². The summed E-state index contributed by atoms with van der Waals surface area (Å²) in [7, 11) is 0. The number of nitrogens with zero attached hydrogens (tertiary/aromatic N) is 3. The van der Waals surface area contributed by atoms with Crippen LogP contribution in [-0.4, -0.2) is 27.7 Å². The van der Waals surface area contributed by atoms with Crippen LogP contribution in [0.5, 0.6) is 6.01 Å². The van der Waals surface area contributed by atoms with Crippen molar-refractivity contribution in [2.45, 2.75) is 19.3 Å². The fraction of sp³-hybridized carbons (Fsp3) is 0.308. The van der Waals surface area contributed by atoms with Crippen molar-refractivity contribution in [3.8, 4) is 6.01 Å².